The number of allylic oxidation sites excluding steroid dienone is 16. The molecule has 17 nitrogen and oxygen atoms in total. The van der Waals surface area contributed by atoms with Crippen LogP contribution in [-0.2, 0) is 9.59 Å². The second-order valence-corrected chi connectivity index (χ2v) is 20.9. The molecule has 0 aromatic rings. The van der Waals surface area contributed by atoms with E-state index < -0.39 is 97.2 Å². The molecule has 0 fully saturated rings. The Morgan fingerprint density at radius 1 is 0.444 bits per heavy atom. The molecule has 0 aliphatic carbocycles. The topological polar surface area (TPSA) is 343 Å². The van der Waals surface area contributed by atoms with Crippen molar-refractivity contribution in [2.24, 2.45) is 23.5 Å². The summed E-state index contributed by atoms with van der Waals surface area (Å²) in [6.45, 7) is 7.25. The van der Waals surface area contributed by atoms with Crippen molar-refractivity contribution < 1.29 is 81.1 Å². The van der Waals surface area contributed by atoms with Gasteiger partial charge in [-0.05, 0) is 90.5 Å². The van der Waals surface area contributed by atoms with Crippen LogP contribution in [0, 0.1) is 17.8 Å². The standard InChI is InChI=1S/C64H101NO16/c1-46(27-19-15-11-7-5-8-12-16-20-28-47(2)64(80)81)63(79)49(4)61(77)37-22-18-14-10-6-9-13-17-21-36-60(76)48(3)62(78)45-59(75)44-58(74)42-54(70)34-25-33-53(69)41-57(73)43-56(72)40-52(68)32-24-30-50(66)29-23-31-51(67)39-55(71)35-26-38-65/h5-10,12-14,16-25,27-29,32,34,37,46,48-61,63,66-77,79H,11,15,26,30-31,33,35-36,38-45,65H2,1-4H3,(H,80,81)/b7-5+,10-6+,12-8+,13-9+,18-14+,20-16+,21-17+,27-19+,29-23+,32-24+,34-25+,37-22+,47-28+/t46-,48-,49-,50+,51+,52+,53+,54+,55-,56-,57+,58-,59-,60+,61+,63+/m1/s1. The first kappa shape index (κ1) is 76.2. The van der Waals surface area contributed by atoms with E-state index in [1.54, 1.807) is 98.9 Å². The average molecular weight is 1140 g/mol. The first-order valence-corrected chi connectivity index (χ1v) is 28.4. The number of rotatable bonds is 46. The van der Waals surface area contributed by atoms with Gasteiger partial charge in [0.25, 0.3) is 0 Å². The van der Waals surface area contributed by atoms with E-state index in [0.29, 0.717) is 19.4 Å². The smallest absolute Gasteiger partial charge is 0.331 e. The van der Waals surface area contributed by atoms with Gasteiger partial charge in [0.15, 0.2) is 0 Å². The third kappa shape index (κ3) is 42.6. The zero-order valence-corrected chi connectivity index (χ0v) is 48.1. The summed E-state index contributed by atoms with van der Waals surface area (Å²) in [7, 11) is 0. The highest BCUT2D eigenvalue weighted by molar-refractivity contribution is 5.86. The quantitative estimate of drug-likeness (QED) is 0.0151. The molecule has 0 unspecified atom stereocenters. The molecule has 0 spiro atoms. The summed E-state index contributed by atoms with van der Waals surface area (Å²) < 4.78 is 0. The van der Waals surface area contributed by atoms with Gasteiger partial charge >= 0.3 is 5.97 Å². The second-order valence-electron chi connectivity index (χ2n) is 20.9. The lowest BCUT2D eigenvalue weighted by Crippen LogP contribution is -2.32. The lowest BCUT2D eigenvalue weighted by atomic mass is 9.88. The van der Waals surface area contributed by atoms with Crippen LogP contribution >= 0.6 is 0 Å². The Kier molecular flexibility index (Phi) is 44.8. The number of carboxylic acid groups (broad SMARTS) is 1. The van der Waals surface area contributed by atoms with Crippen LogP contribution in [0.3, 0.4) is 0 Å². The fourth-order valence-electron chi connectivity index (χ4n) is 8.05. The van der Waals surface area contributed by atoms with E-state index in [1.807, 2.05) is 43.4 Å². The molecule has 0 heterocycles. The molecule has 0 bridgehead atoms. The number of aliphatic carboxylic acids is 1. The third-order valence-electron chi connectivity index (χ3n) is 13.2. The van der Waals surface area contributed by atoms with Crippen LogP contribution in [0.4, 0.5) is 0 Å². The molecule has 0 aromatic carbocycles. The van der Waals surface area contributed by atoms with E-state index in [2.05, 4.69) is 0 Å². The van der Waals surface area contributed by atoms with Crippen molar-refractivity contribution in [2.45, 2.75) is 203 Å². The zero-order valence-electron chi connectivity index (χ0n) is 48.1. The summed E-state index contributed by atoms with van der Waals surface area (Å²) in [5.74, 6) is -2.67. The van der Waals surface area contributed by atoms with Crippen molar-refractivity contribution in [3.63, 3.8) is 0 Å². The largest absolute Gasteiger partial charge is 0.478 e. The lowest BCUT2D eigenvalue weighted by Gasteiger charge is -2.25. The molecule has 458 valence electrons. The maximum Gasteiger partial charge on any atom is 0.331 e. The van der Waals surface area contributed by atoms with E-state index in [0.717, 1.165) is 12.8 Å². The molecule has 0 amide bonds. The molecule has 0 saturated heterocycles. The summed E-state index contributed by atoms with van der Waals surface area (Å²) in [4.78, 5) is 23.6. The highest BCUT2D eigenvalue weighted by Crippen LogP contribution is 2.20. The molecule has 0 saturated carbocycles. The molecule has 81 heavy (non-hydrogen) atoms. The summed E-state index contributed by atoms with van der Waals surface area (Å²) in [6.07, 6.45) is 33.0. The number of nitrogens with two attached hydrogens (primary N) is 1. The molecule has 0 aromatic heterocycles. The van der Waals surface area contributed by atoms with E-state index in [1.165, 1.54) is 37.3 Å². The van der Waals surface area contributed by atoms with Crippen molar-refractivity contribution >= 4 is 11.8 Å². The number of carboxylic acids is 1. The molecule has 0 rings (SSSR count). The Labute approximate surface area is 482 Å². The van der Waals surface area contributed by atoms with Crippen LogP contribution in [0.25, 0.3) is 0 Å². The van der Waals surface area contributed by atoms with Crippen LogP contribution in [0.1, 0.15) is 124 Å². The molecule has 16 N–H and O–H groups in total. The van der Waals surface area contributed by atoms with Crippen LogP contribution in [-0.4, -0.2) is 169 Å². The maximum absolute atomic E-state index is 12.8. The predicted molar refractivity (Wildman–Crippen MR) is 320 cm³/mol. The van der Waals surface area contributed by atoms with Crippen LogP contribution in [0.5, 0.6) is 0 Å². The van der Waals surface area contributed by atoms with E-state index in [9.17, 15) is 76.0 Å². The van der Waals surface area contributed by atoms with Crippen molar-refractivity contribution in [2.75, 3.05) is 6.54 Å². The van der Waals surface area contributed by atoms with Crippen molar-refractivity contribution in [1.29, 1.82) is 0 Å². The summed E-state index contributed by atoms with van der Waals surface area (Å²) in [5, 5.41) is 144. The Balaban J connectivity index is 4.51. The van der Waals surface area contributed by atoms with E-state index >= 15 is 0 Å². The third-order valence-corrected chi connectivity index (χ3v) is 13.2. The number of carbonyl (C=O) groups is 2. The van der Waals surface area contributed by atoms with Gasteiger partial charge in [0, 0.05) is 42.6 Å². The summed E-state index contributed by atoms with van der Waals surface area (Å²) in [6, 6.07) is 0. The number of ketones is 1. The van der Waals surface area contributed by atoms with Gasteiger partial charge in [-0.25, -0.2) is 4.79 Å². The van der Waals surface area contributed by atoms with Crippen LogP contribution in [0.2, 0.25) is 0 Å². The van der Waals surface area contributed by atoms with Gasteiger partial charge in [-0.2, -0.15) is 0 Å². The molecule has 16 atom stereocenters. The minimum atomic E-state index is -1.21. The average Bonchev–Trinajstić information content (AvgIpc) is 3.40. The molecule has 0 aliphatic rings. The predicted octanol–water partition coefficient (Wildman–Crippen LogP) is 5.67. The first-order valence-electron chi connectivity index (χ1n) is 28.4. The van der Waals surface area contributed by atoms with Gasteiger partial charge in [0.05, 0.1) is 79.4 Å². The Bertz CT molecular complexity index is 2070. The summed E-state index contributed by atoms with van der Waals surface area (Å²) >= 11 is 0. The Morgan fingerprint density at radius 3 is 1.47 bits per heavy atom. The molecule has 0 radical (unpaired) electrons. The van der Waals surface area contributed by atoms with E-state index in [4.69, 9.17) is 10.8 Å². The number of aliphatic hydroxyl groups excluding tert-OH is 13. The van der Waals surface area contributed by atoms with Crippen molar-refractivity contribution in [1.82, 2.24) is 0 Å². The molecular formula is C64H101NO16. The minimum absolute atomic E-state index is 0.0527. The molecule has 17 heteroatoms. The normalized spacial score (nSPS) is 19.6. The maximum atomic E-state index is 12.8. The van der Waals surface area contributed by atoms with Crippen LogP contribution in [0.15, 0.2) is 157 Å². The second kappa shape index (κ2) is 47.7. The zero-order chi connectivity index (χ0) is 61.0. The molecular weight excluding hydrogens is 1040 g/mol. The number of hydrogen-bond donors (Lipinski definition) is 15. The first-order chi connectivity index (χ1) is 38.5. The van der Waals surface area contributed by atoms with Gasteiger partial charge in [0.1, 0.15) is 5.78 Å². The van der Waals surface area contributed by atoms with Gasteiger partial charge in [-0.3, -0.25) is 4.79 Å². The monoisotopic (exact) mass is 1140 g/mol. The molecule has 0 aliphatic heterocycles. The Hall–Kier alpha value is -4.80. The SMILES string of the molecule is C\C(=C/C=C/C=C/C=C/CC/C=C/[C@@H](C)[C@H](O)[C@H](C)[C@@H](O)/C=C/C=C/C=C/C=C/C=C/C[C@H](O)[C@@H](C)C(=O)C[C@H](O)C[C@H](O)C[C@@H](O)/C=C/C[C@H](O)C[C@H](O)C[C@H](O)C[C@@H](O)/C=C/C[C@@H](O)/C=C/C[C@H](O)C[C@H](O)CCCN)C(=O)O. The summed E-state index contributed by atoms with van der Waals surface area (Å²) in [5.41, 5.74) is 5.69. The highest BCUT2D eigenvalue weighted by Gasteiger charge is 2.26. The fraction of sp³-hybridized carbons (Fsp3) is 0.562. The Morgan fingerprint density at radius 2 is 0.901 bits per heavy atom. The number of carbonyl (C=O) groups excluding carboxylic acids is 1. The lowest BCUT2D eigenvalue weighted by molar-refractivity contribution is -0.132. The number of hydrogen-bond acceptors (Lipinski definition) is 16. The van der Waals surface area contributed by atoms with Gasteiger partial charge < -0.3 is 77.2 Å². The fourth-order valence-corrected chi connectivity index (χ4v) is 8.05. The number of unbranched alkanes of at least 4 members (excludes halogenated alkanes) is 1. The highest BCUT2D eigenvalue weighted by atomic mass is 16.4. The van der Waals surface area contributed by atoms with Crippen molar-refractivity contribution in [3.8, 4) is 0 Å². The van der Waals surface area contributed by atoms with Gasteiger partial charge in [-0.15, -0.1) is 0 Å². The number of Topliss-reactive ketones (excluding diaryl/α,β-unsaturated/α-hetero) is 1. The number of aliphatic hydroxyl groups is 13. The minimum Gasteiger partial charge on any atom is -0.478 e. The van der Waals surface area contributed by atoms with Gasteiger partial charge in [0.2, 0.25) is 0 Å². The van der Waals surface area contributed by atoms with Gasteiger partial charge in [-0.1, -0.05) is 173 Å². The van der Waals surface area contributed by atoms with Crippen molar-refractivity contribution in [3.05, 3.63) is 157 Å². The van der Waals surface area contributed by atoms with Crippen LogP contribution < -0.4 is 5.73 Å². The van der Waals surface area contributed by atoms with E-state index in [-0.39, 0.29) is 87.9 Å².